The molecule has 2 fully saturated rings. The number of hydrogen-bond acceptors (Lipinski definition) is 4. The lowest BCUT2D eigenvalue weighted by Gasteiger charge is -2.36. The summed E-state index contributed by atoms with van der Waals surface area (Å²) >= 11 is 3.60. The van der Waals surface area contributed by atoms with Gasteiger partial charge in [0.2, 0.25) is 0 Å². The Morgan fingerprint density at radius 3 is 2.70 bits per heavy atom. The van der Waals surface area contributed by atoms with E-state index in [1.807, 2.05) is 13.1 Å². The van der Waals surface area contributed by atoms with E-state index in [2.05, 4.69) is 65.5 Å². The lowest BCUT2D eigenvalue weighted by molar-refractivity contribution is 0.169. The molecule has 0 unspecified atom stereocenters. The van der Waals surface area contributed by atoms with E-state index < -0.39 is 0 Å². The largest absolute Gasteiger partial charge is 0.364 e. The lowest BCUT2D eigenvalue weighted by atomic mass is 9.96. The first-order valence-electron chi connectivity index (χ1n) is 9.52. The molecule has 7 heteroatoms. The molecule has 1 aliphatic carbocycles. The predicted octanol–water partition coefficient (Wildman–Crippen LogP) is 2.86. The Bertz CT molecular complexity index is 779. The van der Waals surface area contributed by atoms with E-state index >= 15 is 0 Å². The summed E-state index contributed by atoms with van der Waals surface area (Å²) in [5, 5.41) is 7.64. The highest BCUT2D eigenvalue weighted by Gasteiger charge is 2.44. The first-order valence-corrected chi connectivity index (χ1v) is 10.3. The van der Waals surface area contributed by atoms with Crippen LogP contribution in [0, 0.1) is 0 Å². The average Bonchev–Trinajstić information content (AvgIpc) is 3.31. The minimum Gasteiger partial charge on any atom is -0.364 e. The molecule has 0 spiro atoms. The van der Waals surface area contributed by atoms with Gasteiger partial charge in [0.05, 0.1) is 5.69 Å². The quantitative estimate of drug-likeness (QED) is 0.582. The van der Waals surface area contributed by atoms with Crippen molar-refractivity contribution in [2.24, 2.45) is 4.99 Å². The van der Waals surface area contributed by atoms with Crippen LogP contribution in [0.3, 0.4) is 0 Å². The first kappa shape index (κ1) is 18.5. The van der Waals surface area contributed by atoms with E-state index in [0.29, 0.717) is 0 Å². The molecule has 1 aromatic heterocycles. The normalized spacial score (nSPS) is 19.9. The Hall–Kier alpha value is -1.86. The van der Waals surface area contributed by atoms with E-state index in [9.17, 15) is 0 Å². The van der Waals surface area contributed by atoms with Gasteiger partial charge in [-0.1, -0.05) is 33.2 Å². The summed E-state index contributed by atoms with van der Waals surface area (Å²) in [6.45, 7) is 5.75. The average molecular weight is 432 g/mol. The van der Waals surface area contributed by atoms with Gasteiger partial charge in [0.1, 0.15) is 6.26 Å². The van der Waals surface area contributed by atoms with E-state index in [1.54, 1.807) is 6.26 Å². The zero-order chi connectivity index (χ0) is 18.7. The van der Waals surface area contributed by atoms with Crippen LogP contribution in [-0.4, -0.2) is 60.7 Å². The molecule has 1 aromatic carbocycles. The van der Waals surface area contributed by atoms with Gasteiger partial charge in [-0.3, -0.25) is 9.89 Å². The topological polar surface area (TPSA) is 56.9 Å². The molecule has 1 saturated carbocycles. The molecule has 6 nitrogen and oxygen atoms in total. The third-order valence-electron chi connectivity index (χ3n) is 5.64. The number of nitrogens with zero attached hydrogens (tertiary/aromatic N) is 4. The highest BCUT2D eigenvalue weighted by Crippen LogP contribution is 2.48. The minimum absolute atomic E-state index is 0.258. The Kier molecular flexibility index (Phi) is 5.50. The van der Waals surface area contributed by atoms with Crippen LogP contribution < -0.4 is 5.32 Å². The van der Waals surface area contributed by atoms with Crippen molar-refractivity contribution in [1.29, 1.82) is 0 Å². The minimum atomic E-state index is 0.258. The Morgan fingerprint density at radius 2 is 2.07 bits per heavy atom. The molecule has 144 valence electrons. The van der Waals surface area contributed by atoms with Crippen LogP contribution in [0.15, 0.2) is 50.6 Å². The van der Waals surface area contributed by atoms with Gasteiger partial charge >= 0.3 is 0 Å². The van der Waals surface area contributed by atoms with Gasteiger partial charge in [-0.25, -0.2) is 0 Å². The summed E-state index contributed by atoms with van der Waals surface area (Å²) in [6, 6.07) is 10.6. The van der Waals surface area contributed by atoms with Crippen molar-refractivity contribution >= 4 is 21.9 Å². The fraction of sp³-hybridized carbons (Fsp3) is 0.500. The van der Waals surface area contributed by atoms with Gasteiger partial charge in [-0.05, 0) is 30.5 Å². The molecule has 0 amide bonds. The Balaban J connectivity index is 1.30. The summed E-state index contributed by atoms with van der Waals surface area (Å²) in [5.41, 5.74) is 2.67. The zero-order valence-corrected chi connectivity index (χ0v) is 17.3. The fourth-order valence-corrected chi connectivity index (χ4v) is 4.18. The van der Waals surface area contributed by atoms with E-state index in [-0.39, 0.29) is 5.41 Å². The maximum Gasteiger partial charge on any atom is 0.193 e. The van der Waals surface area contributed by atoms with Crippen LogP contribution in [0.4, 0.5) is 0 Å². The maximum atomic E-state index is 4.93. The van der Waals surface area contributed by atoms with E-state index in [0.717, 1.165) is 55.4 Å². The second-order valence-corrected chi connectivity index (χ2v) is 8.36. The van der Waals surface area contributed by atoms with Crippen LogP contribution in [0.2, 0.25) is 0 Å². The highest BCUT2D eigenvalue weighted by molar-refractivity contribution is 9.10. The van der Waals surface area contributed by atoms with Crippen LogP contribution in [0.1, 0.15) is 24.1 Å². The highest BCUT2D eigenvalue weighted by atomic mass is 79.9. The van der Waals surface area contributed by atoms with E-state index in [4.69, 9.17) is 4.52 Å². The Labute approximate surface area is 168 Å². The van der Waals surface area contributed by atoms with Crippen molar-refractivity contribution in [1.82, 2.24) is 20.3 Å². The summed E-state index contributed by atoms with van der Waals surface area (Å²) < 4.78 is 6.08. The smallest absolute Gasteiger partial charge is 0.193 e. The molecule has 0 radical (unpaired) electrons. The molecule has 1 N–H and O–H groups in total. The number of halogens is 1. The molecular formula is C20H26BrN5O. The molecule has 0 bridgehead atoms. The molecule has 1 saturated heterocycles. The lowest BCUT2D eigenvalue weighted by Crippen LogP contribution is -2.53. The van der Waals surface area contributed by atoms with Crippen LogP contribution in [-0.2, 0) is 12.0 Å². The molecule has 2 aromatic rings. The number of hydrogen-bond donors (Lipinski definition) is 1. The summed E-state index contributed by atoms with van der Waals surface area (Å²) in [7, 11) is 1.88. The first-order chi connectivity index (χ1) is 13.2. The molecule has 0 atom stereocenters. The predicted molar refractivity (Wildman–Crippen MR) is 110 cm³/mol. The fourth-order valence-electron chi connectivity index (χ4n) is 3.78. The SMILES string of the molecule is CN=C(NCC1(c2cccc(Br)c2)CC1)N1CCN(Cc2ccon2)CC1. The molecule has 4 rings (SSSR count). The zero-order valence-electron chi connectivity index (χ0n) is 15.7. The number of benzene rings is 1. The van der Waals surface area contributed by atoms with Crippen LogP contribution >= 0.6 is 15.9 Å². The number of aromatic nitrogens is 1. The van der Waals surface area contributed by atoms with E-state index in [1.165, 1.54) is 18.4 Å². The van der Waals surface area contributed by atoms with Gasteiger partial charge in [0.25, 0.3) is 0 Å². The molecule has 2 aliphatic rings. The maximum absolute atomic E-state index is 4.93. The van der Waals surface area contributed by atoms with Gasteiger partial charge in [0, 0.05) is 62.3 Å². The van der Waals surface area contributed by atoms with Crippen molar-refractivity contribution in [2.45, 2.75) is 24.8 Å². The Morgan fingerprint density at radius 1 is 1.26 bits per heavy atom. The third kappa shape index (κ3) is 4.35. The summed E-state index contributed by atoms with van der Waals surface area (Å²) in [4.78, 5) is 9.30. The van der Waals surface area contributed by atoms with Gasteiger partial charge < -0.3 is 14.7 Å². The number of aliphatic imine (C=N–C) groups is 1. The molecular weight excluding hydrogens is 406 g/mol. The van der Waals surface area contributed by atoms with Crippen molar-refractivity contribution in [3.05, 3.63) is 52.3 Å². The van der Waals surface area contributed by atoms with Crippen LogP contribution in [0.5, 0.6) is 0 Å². The van der Waals surface area contributed by atoms with Crippen molar-refractivity contribution in [3.63, 3.8) is 0 Å². The molecule has 27 heavy (non-hydrogen) atoms. The van der Waals surface area contributed by atoms with Gasteiger partial charge in [0.15, 0.2) is 5.96 Å². The summed E-state index contributed by atoms with van der Waals surface area (Å²) in [6.07, 6.45) is 4.11. The van der Waals surface area contributed by atoms with Crippen molar-refractivity contribution in [3.8, 4) is 0 Å². The monoisotopic (exact) mass is 431 g/mol. The number of rotatable bonds is 5. The number of guanidine groups is 1. The molecule has 1 aliphatic heterocycles. The van der Waals surface area contributed by atoms with Gasteiger partial charge in [-0.2, -0.15) is 0 Å². The third-order valence-corrected chi connectivity index (χ3v) is 6.13. The standard InChI is InChI=1S/C20H26BrN5O/c1-22-19(23-15-20(6-7-20)16-3-2-4-17(21)13-16)26-10-8-25(9-11-26)14-18-5-12-27-24-18/h2-5,12-13H,6-11,14-15H2,1H3,(H,22,23). The number of piperazine rings is 1. The number of nitrogens with one attached hydrogen (secondary N) is 1. The van der Waals surface area contributed by atoms with Crippen molar-refractivity contribution < 1.29 is 4.52 Å². The van der Waals surface area contributed by atoms with Crippen molar-refractivity contribution in [2.75, 3.05) is 39.8 Å². The molecule has 2 heterocycles. The second kappa shape index (κ2) is 8.02. The second-order valence-electron chi connectivity index (χ2n) is 7.45. The van der Waals surface area contributed by atoms with Crippen LogP contribution in [0.25, 0.3) is 0 Å². The summed E-state index contributed by atoms with van der Waals surface area (Å²) in [5.74, 6) is 1.01. The van der Waals surface area contributed by atoms with Gasteiger partial charge in [-0.15, -0.1) is 0 Å².